The Kier molecular flexibility index (Phi) is 6.62. The van der Waals surface area contributed by atoms with Crippen LogP contribution in [0.4, 0.5) is 33.9 Å². The molecule has 0 aromatic heterocycles. The van der Waals surface area contributed by atoms with Crippen LogP contribution in [-0.4, -0.2) is 22.2 Å². The van der Waals surface area contributed by atoms with Gasteiger partial charge in [0.25, 0.3) is 5.91 Å². The number of alkyl halides is 2. The number of carbonyl (C=O) groups is 2. The Bertz CT molecular complexity index is 1400. The van der Waals surface area contributed by atoms with E-state index in [1.165, 1.54) is 18.2 Å². The summed E-state index contributed by atoms with van der Waals surface area (Å²) in [5, 5.41) is 4.78. The zero-order valence-corrected chi connectivity index (χ0v) is 21.7. The number of benzene rings is 2. The zero-order valence-electron chi connectivity index (χ0n) is 18.6. The third-order valence-electron chi connectivity index (χ3n) is 5.96. The Labute approximate surface area is 226 Å². The van der Waals surface area contributed by atoms with Crippen LogP contribution < -0.4 is 10.6 Å². The Morgan fingerprint density at radius 3 is 2.18 bits per heavy atom. The van der Waals surface area contributed by atoms with Gasteiger partial charge in [0.1, 0.15) is 20.9 Å². The first kappa shape index (κ1) is 28.6. The predicted molar refractivity (Wildman–Crippen MR) is 133 cm³/mol. The van der Waals surface area contributed by atoms with Crippen LogP contribution in [-0.2, 0) is 4.79 Å². The van der Waals surface area contributed by atoms with E-state index in [1.807, 2.05) is 0 Å². The van der Waals surface area contributed by atoms with Gasteiger partial charge < -0.3 is 10.6 Å². The molecule has 0 bridgehead atoms. The number of anilines is 1. The van der Waals surface area contributed by atoms with Crippen molar-refractivity contribution in [1.82, 2.24) is 5.32 Å². The fourth-order valence-corrected chi connectivity index (χ4v) is 5.68. The van der Waals surface area contributed by atoms with Crippen molar-refractivity contribution in [2.24, 2.45) is 5.92 Å². The summed E-state index contributed by atoms with van der Waals surface area (Å²) in [4.78, 5) is 23.4. The molecule has 15 heteroatoms. The van der Waals surface area contributed by atoms with Crippen LogP contribution in [0.15, 0.2) is 71.2 Å². The van der Waals surface area contributed by atoms with Crippen LogP contribution in [0.1, 0.15) is 28.3 Å². The highest BCUT2D eigenvalue weighted by atomic mass is 35.5. The van der Waals surface area contributed by atoms with Crippen molar-refractivity contribution in [1.29, 1.82) is 0 Å². The highest BCUT2D eigenvalue weighted by Gasteiger charge is 2.68. The monoisotopic (exact) mass is 622 g/mol. The fourth-order valence-electron chi connectivity index (χ4n) is 4.00. The van der Waals surface area contributed by atoms with Gasteiger partial charge in [-0.2, -0.15) is 0 Å². The maximum Gasteiger partial charge on any atom is 0.310 e. The van der Waals surface area contributed by atoms with Gasteiger partial charge in [-0.15, -0.1) is 23.2 Å². The number of carbonyl (C=O) groups excluding carboxylic acids is 2. The lowest BCUT2D eigenvalue weighted by molar-refractivity contribution is -0.117. The van der Waals surface area contributed by atoms with Gasteiger partial charge in [0.05, 0.1) is 22.5 Å². The average molecular weight is 624 g/mol. The van der Waals surface area contributed by atoms with Crippen LogP contribution >= 0.6 is 45.0 Å². The summed E-state index contributed by atoms with van der Waals surface area (Å²) < 4.78 is 90.3. The molecule has 2 aromatic rings. The topological polar surface area (TPSA) is 58.2 Å². The first-order valence-electron chi connectivity index (χ1n) is 10.6. The van der Waals surface area contributed by atoms with Gasteiger partial charge in [-0.05, 0) is 48.4 Å². The molecule has 2 aliphatic carbocycles. The van der Waals surface area contributed by atoms with Gasteiger partial charge in [-0.1, -0.05) is 43.2 Å². The molecule has 2 aliphatic rings. The summed E-state index contributed by atoms with van der Waals surface area (Å²) in [6, 6.07) is 4.62. The molecule has 2 N–H and O–H groups in total. The number of nitrogens with one attached hydrogen (secondary N) is 2. The average Bonchev–Trinajstić information content (AvgIpc) is 3.37. The van der Waals surface area contributed by atoms with E-state index in [0.29, 0.717) is 6.08 Å². The lowest BCUT2D eigenvalue weighted by atomic mass is 10.1. The number of hydrogen-bond donors (Lipinski definition) is 2. The summed E-state index contributed by atoms with van der Waals surface area (Å²) >= 11 is 18.4. The van der Waals surface area contributed by atoms with Crippen LogP contribution in [0.2, 0.25) is 5.02 Å². The van der Waals surface area contributed by atoms with Gasteiger partial charge in [0.2, 0.25) is 5.91 Å². The van der Waals surface area contributed by atoms with Crippen molar-refractivity contribution < 1.29 is 37.8 Å². The summed E-state index contributed by atoms with van der Waals surface area (Å²) in [5.74, 6) is -5.44. The van der Waals surface area contributed by atoms with Crippen molar-refractivity contribution in [2.45, 2.75) is 27.6 Å². The van der Waals surface area contributed by atoms with Crippen LogP contribution in [0.5, 0.6) is 0 Å². The maximum atomic E-state index is 13.9. The second-order valence-electron chi connectivity index (χ2n) is 8.73. The minimum absolute atomic E-state index is 0.0324. The van der Waals surface area contributed by atoms with Crippen LogP contribution in [0, 0.1) is 5.92 Å². The molecule has 206 valence electrons. The Morgan fingerprint density at radius 2 is 1.61 bits per heavy atom. The van der Waals surface area contributed by atoms with E-state index < -0.39 is 60.8 Å². The molecule has 2 aromatic carbocycles. The summed E-state index contributed by atoms with van der Waals surface area (Å²) in [6.45, 7) is 0. The van der Waals surface area contributed by atoms with E-state index in [0.717, 1.165) is 18.2 Å². The number of allylic oxidation sites excluding steroid dienone is 2. The molecule has 38 heavy (non-hydrogen) atoms. The zero-order chi connectivity index (χ0) is 28.3. The quantitative estimate of drug-likeness (QED) is 0.250. The summed E-state index contributed by atoms with van der Waals surface area (Å²) in [6.07, 6.45) is 1.59. The van der Waals surface area contributed by atoms with Gasteiger partial charge in [-0.25, -0.2) is 8.78 Å². The van der Waals surface area contributed by atoms with E-state index in [4.69, 9.17) is 34.8 Å². The van der Waals surface area contributed by atoms with E-state index in [-0.39, 0.29) is 40.4 Å². The van der Waals surface area contributed by atoms with Gasteiger partial charge >= 0.3 is 10.2 Å². The second kappa shape index (κ2) is 8.80. The number of halogens is 10. The Hall–Kier alpha value is -2.41. The molecule has 0 radical (unpaired) electrons. The molecule has 4 nitrogen and oxygen atoms in total. The molecule has 0 aliphatic heterocycles. The summed E-state index contributed by atoms with van der Waals surface area (Å²) in [5.41, 5.74) is -0.0552. The SMILES string of the molecule is O=C(NC1CC=C(F)C=C1F)c1cc(NC(=O)C2C(c3ccc(S(F)(F)(F)(F)F)cc3)C2(Cl)Cl)ccc1Cl. The smallest absolute Gasteiger partial charge is 0.310 e. The maximum absolute atomic E-state index is 13.9. The summed E-state index contributed by atoms with van der Waals surface area (Å²) in [7, 11) is -9.88. The minimum atomic E-state index is -9.88. The first-order valence-corrected chi connectivity index (χ1v) is 13.7. The number of rotatable bonds is 6. The third kappa shape index (κ3) is 5.93. The van der Waals surface area contributed by atoms with Crippen molar-refractivity contribution in [3.8, 4) is 0 Å². The van der Waals surface area contributed by atoms with Crippen molar-refractivity contribution >= 4 is 62.5 Å². The minimum Gasteiger partial charge on any atom is -0.343 e. The molecular weight excluding hydrogens is 608 g/mol. The predicted octanol–water partition coefficient (Wildman–Crippen LogP) is 8.73. The molecule has 1 fully saturated rings. The lowest BCUT2D eigenvalue weighted by Gasteiger charge is -2.40. The van der Waals surface area contributed by atoms with Gasteiger partial charge in [-0.3, -0.25) is 9.59 Å². The van der Waals surface area contributed by atoms with Crippen LogP contribution in [0.25, 0.3) is 0 Å². The van der Waals surface area contributed by atoms with Gasteiger partial charge in [0, 0.05) is 17.7 Å². The first-order chi connectivity index (χ1) is 17.3. The van der Waals surface area contributed by atoms with E-state index in [1.54, 1.807) is 0 Å². The van der Waals surface area contributed by atoms with Gasteiger partial charge in [0.15, 0.2) is 0 Å². The molecule has 0 spiro atoms. The molecule has 0 heterocycles. The lowest BCUT2D eigenvalue weighted by Crippen LogP contribution is -2.36. The molecule has 4 rings (SSSR count). The number of hydrogen-bond acceptors (Lipinski definition) is 2. The number of amides is 2. The normalized spacial score (nSPS) is 24.3. The van der Waals surface area contributed by atoms with Crippen molar-refractivity contribution in [2.75, 3.05) is 5.32 Å². The van der Waals surface area contributed by atoms with E-state index >= 15 is 0 Å². The molecule has 3 atom stereocenters. The molecule has 3 unspecified atom stereocenters. The third-order valence-corrected chi connectivity index (χ3v) is 8.39. The standard InChI is InChI=1S/C23H16Cl3F7N2O2S/c24-16-7-4-13(10-15(16)21(36)35-18-8-3-12(27)9-17(18)28)34-22(37)20-19(23(20,25)26)11-1-5-14(6-2-11)38(29,30,31,32)33/h1-7,9-10,18-20H,8H2,(H,34,37)(H,35,36). The Balaban J connectivity index is 1.48. The van der Waals surface area contributed by atoms with Crippen molar-refractivity contribution in [3.63, 3.8) is 0 Å². The second-order valence-corrected chi connectivity index (χ2v) is 13.0. The van der Waals surface area contributed by atoms with E-state index in [2.05, 4.69) is 10.6 Å². The highest BCUT2D eigenvalue weighted by molar-refractivity contribution is 8.45. The Morgan fingerprint density at radius 1 is 0.974 bits per heavy atom. The molecule has 2 amide bonds. The van der Waals surface area contributed by atoms with Crippen molar-refractivity contribution in [3.05, 3.63) is 82.4 Å². The molecule has 1 saturated carbocycles. The van der Waals surface area contributed by atoms with E-state index in [9.17, 15) is 37.8 Å². The largest absolute Gasteiger partial charge is 0.343 e. The molecule has 0 saturated heterocycles. The fraction of sp³-hybridized carbons (Fsp3) is 0.217. The molecular formula is C23H16Cl3F7N2O2S. The van der Waals surface area contributed by atoms with Crippen LogP contribution in [0.3, 0.4) is 0 Å². The highest BCUT2D eigenvalue weighted by Crippen LogP contribution is 3.02.